The summed E-state index contributed by atoms with van der Waals surface area (Å²) in [5, 5.41) is 0. The molecule has 0 radical (unpaired) electrons. The maximum atomic E-state index is 5.77. The highest BCUT2D eigenvalue weighted by molar-refractivity contribution is 7.80. The molecule has 1 aliphatic rings. The van der Waals surface area contributed by atoms with E-state index in [2.05, 4.69) is 30.9 Å². The summed E-state index contributed by atoms with van der Waals surface area (Å²) in [7, 11) is 1.64. The average Bonchev–Trinajstić information content (AvgIpc) is 2.41. The molecule has 1 aromatic rings. The van der Waals surface area contributed by atoms with Gasteiger partial charge in [0.15, 0.2) is 0 Å². The smallest absolute Gasteiger partial charge is 0.129 e. The minimum atomic E-state index is 0.392. The Morgan fingerprint density at radius 3 is 2.55 bits per heavy atom. The van der Waals surface area contributed by atoms with Crippen molar-refractivity contribution in [3.63, 3.8) is 0 Å². The lowest BCUT2D eigenvalue weighted by Gasteiger charge is -2.37. The van der Waals surface area contributed by atoms with Crippen LogP contribution in [0.15, 0.2) is 18.2 Å². The van der Waals surface area contributed by atoms with E-state index in [1.807, 2.05) is 6.07 Å². The van der Waals surface area contributed by atoms with Gasteiger partial charge in [-0.25, -0.2) is 0 Å². The number of benzene rings is 1. The van der Waals surface area contributed by atoms with Crippen molar-refractivity contribution in [3.05, 3.63) is 29.3 Å². The van der Waals surface area contributed by atoms with Crippen LogP contribution >= 0.6 is 12.2 Å². The quantitative estimate of drug-likeness (QED) is 0.866. The van der Waals surface area contributed by atoms with E-state index in [-0.39, 0.29) is 0 Å². The van der Waals surface area contributed by atoms with Crippen molar-refractivity contribution in [1.82, 2.24) is 4.90 Å². The predicted molar refractivity (Wildman–Crippen MR) is 87.2 cm³/mol. The van der Waals surface area contributed by atoms with Crippen molar-refractivity contribution in [2.24, 2.45) is 11.1 Å². The van der Waals surface area contributed by atoms with Crippen molar-refractivity contribution in [2.45, 2.75) is 33.2 Å². The third-order valence-electron chi connectivity index (χ3n) is 4.15. The molecule has 2 rings (SSSR count). The van der Waals surface area contributed by atoms with Crippen LogP contribution in [0.1, 0.15) is 37.8 Å². The first-order valence-corrected chi connectivity index (χ1v) is 7.51. The Bertz CT molecular complexity index is 489. The zero-order valence-electron chi connectivity index (χ0n) is 12.6. The number of piperidine rings is 1. The second-order valence-corrected chi connectivity index (χ2v) is 6.78. The van der Waals surface area contributed by atoms with Crippen molar-refractivity contribution in [3.8, 4) is 5.75 Å². The van der Waals surface area contributed by atoms with E-state index in [0.29, 0.717) is 10.4 Å². The summed E-state index contributed by atoms with van der Waals surface area (Å²) in [4.78, 5) is 2.89. The summed E-state index contributed by atoms with van der Waals surface area (Å²) in [6.45, 7) is 7.96. The number of hydrogen-bond donors (Lipinski definition) is 1. The Balaban J connectivity index is 2.07. The minimum Gasteiger partial charge on any atom is -0.496 e. The second-order valence-electron chi connectivity index (χ2n) is 6.34. The highest BCUT2D eigenvalue weighted by Gasteiger charge is 2.25. The van der Waals surface area contributed by atoms with Gasteiger partial charge in [-0.15, -0.1) is 0 Å². The van der Waals surface area contributed by atoms with Crippen LogP contribution in [0.3, 0.4) is 0 Å². The van der Waals surface area contributed by atoms with E-state index in [0.717, 1.165) is 30.9 Å². The van der Waals surface area contributed by atoms with Crippen LogP contribution in [0, 0.1) is 5.41 Å². The molecule has 0 spiro atoms. The van der Waals surface area contributed by atoms with Crippen LogP contribution < -0.4 is 10.5 Å². The molecule has 1 fully saturated rings. The molecule has 20 heavy (non-hydrogen) atoms. The molecular weight excluding hydrogens is 268 g/mol. The Morgan fingerprint density at radius 1 is 1.35 bits per heavy atom. The minimum absolute atomic E-state index is 0.392. The van der Waals surface area contributed by atoms with Crippen LogP contribution in [-0.4, -0.2) is 30.1 Å². The molecule has 1 saturated heterocycles. The first-order valence-electron chi connectivity index (χ1n) is 7.10. The fourth-order valence-electron chi connectivity index (χ4n) is 2.62. The molecule has 2 N–H and O–H groups in total. The first kappa shape index (κ1) is 15.3. The molecule has 0 unspecified atom stereocenters. The van der Waals surface area contributed by atoms with E-state index in [1.54, 1.807) is 7.11 Å². The molecule has 1 aliphatic heterocycles. The van der Waals surface area contributed by atoms with Gasteiger partial charge in [0.25, 0.3) is 0 Å². The highest BCUT2D eigenvalue weighted by Crippen LogP contribution is 2.30. The maximum absolute atomic E-state index is 5.77. The summed E-state index contributed by atoms with van der Waals surface area (Å²) in [6.07, 6.45) is 2.51. The second kappa shape index (κ2) is 6.10. The molecule has 3 nitrogen and oxygen atoms in total. The molecule has 0 aromatic heterocycles. The van der Waals surface area contributed by atoms with Gasteiger partial charge in [0.1, 0.15) is 10.7 Å². The summed E-state index contributed by atoms with van der Waals surface area (Å²) >= 11 is 5.09. The molecule has 1 heterocycles. The first-order chi connectivity index (χ1) is 9.41. The fourth-order valence-corrected chi connectivity index (χ4v) is 2.78. The lowest BCUT2D eigenvalue weighted by atomic mass is 9.82. The third kappa shape index (κ3) is 3.70. The van der Waals surface area contributed by atoms with E-state index in [4.69, 9.17) is 22.7 Å². The van der Waals surface area contributed by atoms with E-state index < -0.39 is 0 Å². The summed E-state index contributed by atoms with van der Waals surface area (Å²) in [6, 6.07) is 6.11. The number of thiocarbonyl (C=S) groups is 1. The third-order valence-corrected chi connectivity index (χ3v) is 4.37. The monoisotopic (exact) mass is 292 g/mol. The number of methoxy groups -OCH3 is 1. The zero-order valence-corrected chi connectivity index (χ0v) is 13.4. The van der Waals surface area contributed by atoms with E-state index >= 15 is 0 Å². The molecule has 0 aliphatic carbocycles. The van der Waals surface area contributed by atoms with Gasteiger partial charge in [0.05, 0.1) is 12.7 Å². The number of hydrogen-bond acceptors (Lipinski definition) is 3. The largest absolute Gasteiger partial charge is 0.496 e. The van der Waals surface area contributed by atoms with Crippen LogP contribution in [0.25, 0.3) is 0 Å². The van der Waals surface area contributed by atoms with Crippen LogP contribution in [-0.2, 0) is 6.54 Å². The van der Waals surface area contributed by atoms with E-state index in [1.165, 1.54) is 18.4 Å². The summed E-state index contributed by atoms with van der Waals surface area (Å²) in [5.74, 6) is 0.751. The number of rotatable bonds is 4. The summed E-state index contributed by atoms with van der Waals surface area (Å²) in [5.41, 5.74) is 8.33. The normalized spacial score (nSPS) is 18.8. The van der Waals surface area contributed by atoms with Gasteiger partial charge in [-0.2, -0.15) is 0 Å². The number of likely N-dealkylation sites (tertiary alicyclic amines) is 1. The van der Waals surface area contributed by atoms with Crippen LogP contribution in [0.4, 0.5) is 0 Å². The van der Waals surface area contributed by atoms with Crippen LogP contribution in [0.5, 0.6) is 5.75 Å². The summed E-state index contributed by atoms with van der Waals surface area (Å²) < 4.78 is 5.30. The van der Waals surface area contributed by atoms with E-state index in [9.17, 15) is 0 Å². The molecule has 0 amide bonds. The molecule has 0 bridgehead atoms. The lowest BCUT2D eigenvalue weighted by Crippen LogP contribution is -2.36. The van der Waals surface area contributed by atoms with Gasteiger partial charge in [-0.05, 0) is 49.0 Å². The number of ether oxygens (including phenoxy) is 1. The van der Waals surface area contributed by atoms with Gasteiger partial charge in [0.2, 0.25) is 0 Å². The Hall–Kier alpha value is -1.13. The van der Waals surface area contributed by atoms with Crippen molar-refractivity contribution in [2.75, 3.05) is 20.2 Å². The predicted octanol–water partition coefficient (Wildman–Crippen LogP) is 2.95. The Labute approximate surface area is 127 Å². The van der Waals surface area contributed by atoms with Crippen molar-refractivity contribution in [1.29, 1.82) is 0 Å². The number of nitrogens with zero attached hydrogens (tertiary/aromatic N) is 1. The molecule has 4 heteroatoms. The average molecular weight is 292 g/mol. The molecule has 110 valence electrons. The topological polar surface area (TPSA) is 38.5 Å². The highest BCUT2D eigenvalue weighted by atomic mass is 32.1. The van der Waals surface area contributed by atoms with Crippen LogP contribution in [0.2, 0.25) is 0 Å². The van der Waals surface area contributed by atoms with Gasteiger partial charge in [0, 0.05) is 6.54 Å². The van der Waals surface area contributed by atoms with Gasteiger partial charge in [-0.1, -0.05) is 32.1 Å². The van der Waals surface area contributed by atoms with Gasteiger partial charge >= 0.3 is 0 Å². The van der Waals surface area contributed by atoms with Gasteiger partial charge < -0.3 is 10.5 Å². The molecule has 0 atom stereocenters. The standard InChI is InChI=1S/C16H24N2OS/c1-16(2)6-8-18(9-7-16)11-12-4-5-14(19-3)13(10-12)15(17)20/h4-5,10H,6-9,11H2,1-3H3,(H2,17,20). The zero-order chi connectivity index (χ0) is 14.8. The lowest BCUT2D eigenvalue weighted by molar-refractivity contribution is 0.127. The SMILES string of the molecule is COc1ccc(CN2CCC(C)(C)CC2)cc1C(N)=S. The molecular formula is C16H24N2OS. The fraction of sp³-hybridized carbons (Fsp3) is 0.562. The maximum Gasteiger partial charge on any atom is 0.129 e. The Kier molecular flexibility index (Phi) is 4.66. The Morgan fingerprint density at radius 2 is 2.00 bits per heavy atom. The molecule has 0 saturated carbocycles. The van der Waals surface area contributed by atoms with Crippen molar-refractivity contribution >= 4 is 17.2 Å². The van der Waals surface area contributed by atoms with Crippen molar-refractivity contribution < 1.29 is 4.74 Å². The van der Waals surface area contributed by atoms with Gasteiger partial charge in [-0.3, -0.25) is 4.90 Å². The number of nitrogens with two attached hydrogens (primary N) is 1. The molecule has 1 aromatic carbocycles.